The van der Waals surface area contributed by atoms with Crippen molar-refractivity contribution in [3.63, 3.8) is 0 Å². The first-order valence-corrected chi connectivity index (χ1v) is 3.65. The standard InChI is InChI=1S/C7H15NO2/c1-6(3-9-2)8-7-4-10-5-7/h6-8H,3-5H2,1-2H3. The van der Waals surface area contributed by atoms with Gasteiger partial charge in [-0.05, 0) is 6.92 Å². The Morgan fingerprint density at radius 1 is 1.70 bits per heavy atom. The Kier molecular flexibility index (Phi) is 3.12. The highest BCUT2D eigenvalue weighted by molar-refractivity contribution is 4.76. The van der Waals surface area contributed by atoms with Crippen LogP contribution in [0.4, 0.5) is 0 Å². The molecule has 1 heterocycles. The molecule has 1 fully saturated rings. The molecule has 1 unspecified atom stereocenters. The third-order valence-electron chi connectivity index (χ3n) is 1.57. The highest BCUT2D eigenvalue weighted by Gasteiger charge is 2.19. The van der Waals surface area contributed by atoms with E-state index < -0.39 is 0 Å². The molecule has 1 rings (SSSR count). The molecule has 1 aliphatic heterocycles. The average Bonchev–Trinajstić information content (AvgIpc) is 1.80. The Bertz CT molecular complexity index is 93.6. The molecule has 3 heteroatoms. The summed E-state index contributed by atoms with van der Waals surface area (Å²) in [6.07, 6.45) is 0. The van der Waals surface area contributed by atoms with E-state index >= 15 is 0 Å². The van der Waals surface area contributed by atoms with Gasteiger partial charge < -0.3 is 14.8 Å². The van der Waals surface area contributed by atoms with Gasteiger partial charge in [-0.1, -0.05) is 0 Å². The van der Waals surface area contributed by atoms with Crippen molar-refractivity contribution in [1.29, 1.82) is 0 Å². The summed E-state index contributed by atoms with van der Waals surface area (Å²) in [4.78, 5) is 0. The second-order valence-electron chi connectivity index (χ2n) is 2.76. The minimum atomic E-state index is 0.443. The van der Waals surface area contributed by atoms with Gasteiger partial charge in [0.15, 0.2) is 0 Å². The van der Waals surface area contributed by atoms with Gasteiger partial charge in [0.2, 0.25) is 0 Å². The topological polar surface area (TPSA) is 30.5 Å². The fourth-order valence-corrected chi connectivity index (χ4v) is 1.03. The Labute approximate surface area is 61.7 Å². The van der Waals surface area contributed by atoms with Crippen molar-refractivity contribution in [3.05, 3.63) is 0 Å². The third kappa shape index (κ3) is 2.25. The van der Waals surface area contributed by atoms with Crippen LogP contribution in [0.15, 0.2) is 0 Å². The zero-order valence-corrected chi connectivity index (χ0v) is 6.59. The van der Waals surface area contributed by atoms with Crippen molar-refractivity contribution in [2.24, 2.45) is 0 Å². The first-order valence-electron chi connectivity index (χ1n) is 3.65. The van der Waals surface area contributed by atoms with Crippen LogP contribution in [0.2, 0.25) is 0 Å². The summed E-state index contributed by atoms with van der Waals surface area (Å²) in [5.41, 5.74) is 0. The van der Waals surface area contributed by atoms with E-state index in [1.165, 1.54) is 0 Å². The monoisotopic (exact) mass is 145 g/mol. The molecule has 60 valence electrons. The van der Waals surface area contributed by atoms with E-state index in [0.717, 1.165) is 19.8 Å². The minimum Gasteiger partial charge on any atom is -0.383 e. The fraction of sp³-hybridized carbons (Fsp3) is 1.00. The molecule has 1 atom stereocenters. The zero-order valence-electron chi connectivity index (χ0n) is 6.59. The molecule has 3 nitrogen and oxygen atoms in total. The molecule has 1 saturated heterocycles. The highest BCUT2D eigenvalue weighted by Crippen LogP contribution is 2.00. The lowest BCUT2D eigenvalue weighted by Crippen LogP contribution is -2.50. The van der Waals surface area contributed by atoms with E-state index in [1.54, 1.807) is 7.11 Å². The second-order valence-corrected chi connectivity index (χ2v) is 2.76. The van der Waals surface area contributed by atoms with Crippen LogP contribution in [-0.4, -0.2) is 39.0 Å². The maximum absolute atomic E-state index is 5.01. The lowest BCUT2D eigenvalue weighted by Gasteiger charge is -2.29. The molecule has 1 N–H and O–H groups in total. The molecule has 1 aliphatic rings. The van der Waals surface area contributed by atoms with E-state index in [2.05, 4.69) is 12.2 Å². The molecule has 0 amide bonds. The molecular formula is C7H15NO2. The average molecular weight is 145 g/mol. The van der Waals surface area contributed by atoms with Gasteiger partial charge in [0.05, 0.1) is 25.9 Å². The summed E-state index contributed by atoms with van der Waals surface area (Å²) in [5, 5.41) is 3.37. The maximum Gasteiger partial charge on any atom is 0.0643 e. The molecule has 0 saturated carbocycles. The molecule has 0 radical (unpaired) electrons. The van der Waals surface area contributed by atoms with E-state index in [9.17, 15) is 0 Å². The number of rotatable bonds is 4. The highest BCUT2D eigenvalue weighted by atomic mass is 16.5. The van der Waals surface area contributed by atoms with Crippen LogP contribution in [0.1, 0.15) is 6.92 Å². The zero-order chi connectivity index (χ0) is 7.40. The minimum absolute atomic E-state index is 0.443. The number of methoxy groups -OCH3 is 1. The van der Waals surface area contributed by atoms with Crippen molar-refractivity contribution >= 4 is 0 Å². The first kappa shape index (κ1) is 7.98. The van der Waals surface area contributed by atoms with Crippen molar-refractivity contribution in [2.75, 3.05) is 26.9 Å². The van der Waals surface area contributed by atoms with Gasteiger partial charge in [0.25, 0.3) is 0 Å². The molecule has 10 heavy (non-hydrogen) atoms. The third-order valence-corrected chi connectivity index (χ3v) is 1.57. The second kappa shape index (κ2) is 3.91. The number of hydrogen-bond donors (Lipinski definition) is 1. The SMILES string of the molecule is COCC(C)NC1COC1. The summed E-state index contributed by atoms with van der Waals surface area (Å²) in [6.45, 7) is 4.60. The van der Waals surface area contributed by atoms with Gasteiger partial charge >= 0.3 is 0 Å². The predicted octanol–water partition coefficient (Wildman–Crippen LogP) is 0.00970. The summed E-state index contributed by atoms with van der Waals surface area (Å²) in [7, 11) is 1.72. The van der Waals surface area contributed by atoms with Gasteiger partial charge in [-0.2, -0.15) is 0 Å². The Morgan fingerprint density at radius 3 is 2.80 bits per heavy atom. The lowest BCUT2D eigenvalue weighted by molar-refractivity contribution is -0.0132. The number of hydrogen-bond acceptors (Lipinski definition) is 3. The summed E-state index contributed by atoms with van der Waals surface area (Å²) < 4.78 is 9.98. The number of nitrogens with one attached hydrogen (secondary N) is 1. The first-order chi connectivity index (χ1) is 4.83. The smallest absolute Gasteiger partial charge is 0.0643 e. The summed E-state index contributed by atoms with van der Waals surface area (Å²) in [5.74, 6) is 0. The van der Waals surface area contributed by atoms with Crippen molar-refractivity contribution in [1.82, 2.24) is 5.32 Å². The molecule has 0 aliphatic carbocycles. The van der Waals surface area contributed by atoms with Gasteiger partial charge in [-0.15, -0.1) is 0 Å². The maximum atomic E-state index is 5.01. The molecule has 0 bridgehead atoms. The molecule has 0 aromatic carbocycles. The van der Waals surface area contributed by atoms with Crippen LogP contribution in [-0.2, 0) is 9.47 Å². The van der Waals surface area contributed by atoms with Gasteiger partial charge in [-0.3, -0.25) is 0 Å². The van der Waals surface area contributed by atoms with Crippen LogP contribution in [0.3, 0.4) is 0 Å². The largest absolute Gasteiger partial charge is 0.383 e. The van der Waals surface area contributed by atoms with E-state index in [1.807, 2.05) is 0 Å². The normalized spacial score (nSPS) is 22.2. The molecule has 0 spiro atoms. The molecular weight excluding hydrogens is 130 g/mol. The van der Waals surface area contributed by atoms with Crippen molar-refractivity contribution in [3.8, 4) is 0 Å². The van der Waals surface area contributed by atoms with Gasteiger partial charge in [0.1, 0.15) is 0 Å². The van der Waals surface area contributed by atoms with Crippen LogP contribution in [0, 0.1) is 0 Å². The molecule has 0 aromatic rings. The van der Waals surface area contributed by atoms with Crippen LogP contribution >= 0.6 is 0 Å². The summed E-state index contributed by atoms with van der Waals surface area (Å²) >= 11 is 0. The van der Waals surface area contributed by atoms with E-state index in [4.69, 9.17) is 9.47 Å². The van der Waals surface area contributed by atoms with E-state index in [-0.39, 0.29) is 0 Å². The number of ether oxygens (including phenoxy) is 2. The van der Waals surface area contributed by atoms with Crippen LogP contribution in [0.25, 0.3) is 0 Å². The predicted molar refractivity (Wildman–Crippen MR) is 39.1 cm³/mol. The Balaban J connectivity index is 1.99. The Morgan fingerprint density at radius 2 is 2.40 bits per heavy atom. The lowest BCUT2D eigenvalue weighted by atomic mass is 10.2. The van der Waals surface area contributed by atoms with Crippen LogP contribution < -0.4 is 5.32 Å². The fourth-order valence-electron chi connectivity index (χ4n) is 1.03. The van der Waals surface area contributed by atoms with E-state index in [0.29, 0.717) is 12.1 Å². The Hall–Kier alpha value is -0.120. The quantitative estimate of drug-likeness (QED) is 0.604. The summed E-state index contributed by atoms with van der Waals surface area (Å²) in [6, 6.07) is 1.00. The van der Waals surface area contributed by atoms with Crippen LogP contribution in [0.5, 0.6) is 0 Å². The van der Waals surface area contributed by atoms with Gasteiger partial charge in [0, 0.05) is 13.2 Å². The van der Waals surface area contributed by atoms with Gasteiger partial charge in [-0.25, -0.2) is 0 Å². The molecule has 0 aromatic heterocycles. The van der Waals surface area contributed by atoms with Crippen molar-refractivity contribution in [2.45, 2.75) is 19.0 Å². The van der Waals surface area contributed by atoms with Crippen molar-refractivity contribution < 1.29 is 9.47 Å².